The van der Waals surface area contributed by atoms with Gasteiger partial charge in [0.1, 0.15) is 0 Å². The Morgan fingerprint density at radius 2 is 0.700 bits per heavy atom. The summed E-state index contributed by atoms with van der Waals surface area (Å²) in [5.74, 6) is 0. The summed E-state index contributed by atoms with van der Waals surface area (Å²) in [5.41, 5.74) is 2.47. The summed E-state index contributed by atoms with van der Waals surface area (Å²) in [6.07, 6.45) is 0. The summed E-state index contributed by atoms with van der Waals surface area (Å²) in [6.45, 7) is 0. The van der Waals surface area contributed by atoms with Gasteiger partial charge in [0.05, 0.1) is 0 Å². The Balaban J connectivity index is 2.24. The van der Waals surface area contributed by atoms with Gasteiger partial charge in [0.15, 0.2) is 0 Å². The van der Waals surface area contributed by atoms with Crippen molar-refractivity contribution < 1.29 is 0 Å². The zero-order chi connectivity index (χ0) is 13.8. The fourth-order valence-corrected chi connectivity index (χ4v) is 9.34. The van der Waals surface area contributed by atoms with Gasteiger partial charge in [0.2, 0.25) is 0 Å². The Hall–Kier alpha value is -1.78. The average Bonchev–Trinajstić information content (AvgIpc) is 2.56. The molecular formula is C19H18As. The topological polar surface area (TPSA) is 0 Å². The van der Waals surface area contributed by atoms with Crippen LogP contribution in [0.5, 0.6) is 0 Å². The van der Waals surface area contributed by atoms with Gasteiger partial charge in [-0.3, -0.25) is 0 Å². The van der Waals surface area contributed by atoms with Crippen LogP contribution < -0.4 is 13.1 Å². The summed E-state index contributed by atoms with van der Waals surface area (Å²) in [6, 6.07) is 32.9. The maximum absolute atomic E-state index is 2.47. The second-order valence-electron chi connectivity index (χ2n) is 5.01. The van der Waals surface area contributed by atoms with E-state index in [0.29, 0.717) is 0 Å². The molecule has 0 saturated heterocycles. The molecule has 99 valence electrons. The minimum atomic E-state index is -2.29. The van der Waals surface area contributed by atoms with E-state index >= 15 is 0 Å². The third-order valence-corrected chi connectivity index (χ3v) is 12.2. The van der Waals surface area contributed by atoms with E-state index in [1.165, 1.54) is 13.1 Å². The second-order valence-corrected chi connectivity index (χ2v) is 12.5. The van der Waals surface area contributed by atoms with Crippen molar-refractivity contribution in [2.75, 3.05) is 0 Å². The summed E-state index contributed by atoms with van der Waals surface area (Å²) in [4.78, 5) is 0. The predicted molar refractivity (Wildman–Crippen MR) is 89.8 cm³/mol. The van der Waals surface area contributed by atoms with Crippen LogP contribution in [0.15, 0.2) is 91.0 Å². The third kappa shape index (κ3) is 2.32. The predicted octanol–water partition coefficient (Wildman–Crippen LogP) is 2.79. The number of hydrogen-bond donors (Lipinski definition) is 0. The van der Waals surface area contributed by atoms with Gasteiger partial charge in [-0.1, -0.05) is 0 Å². The van der Waals surface area contributed by atoms with Gasteiger partial charge in [0.25, 0.3) is 0 Å². The molecule has 0 nitrogen and oxygen atoms in total. The first-order chi connectivity index (χ1) is 9.82. The molecule has 3 aromatic rings. The van der Waals surface area contributed by atoms with Crippen molar-refractivity contribution in [2.45, 2.75) is 5.71 Å². The molecule has 0 saturated carbocycles. The van der Waals surface area contributed by atoms with Crippen LogP contribution in [0.3, 0.4) is 0 Å². The Labute approximate surface area is 123 Å². The molecule has 20 heavy (non-hydrogen) atoms. The van der Waals surface area contributed by atoms with Crippen LogP contribution in [-0.2, 0) is 0 Å². The van der Waals surface area contributed by atoms with Crippen molar-refractivity contribution in [3.05, 3.63) is 91.0 Å². The van der Waals surface area contributed by atoms with Crippen molar-refractivity contribution in [1.82, 2.24) is 0 Å². The van der Waals surface area contributed by atoms with E-state index in [1.54, 1.807) is 0 Å². The first kappa shape index (κ1) is 13.2. The third-order valence-electron chi connectivity index (χ3n) is 3.82. The molecule has 0 spiro atoms. The Bertz CT molecular complexity index is 563. The molecule has 0 aliphatic heterocycles. The zero-order valence-electron chi connectivity index (χ0n) is 11.6. The number of hydrogen-bond acceptors (Lipinski definition) is 0. The Morgan fingerprint density at radius 3 is 0.950 bits per heavy atom. The van der Waals surface area contributed by atoms with Crippen LogP contribution in [0.4, 0.5) is 0 Å². The quantitative estimate of drug-likeness (QED) is 0.651. The van der Waals surface area contributed by atoms with Crippen LogP contribution in [0.25, 0.3) is 0 Å². The minimum absolute atomic E-state index is 1.49. The molecule has 0 aromatic heterocycles. The average molecular weight is 321 g/mol. The molecule has 3 rings (SSSR count). The van der Waals surface area contributed by atoms with Gasteiger partial charge < -0.3 is 0 Å². The molecular weight excluding hydrogens is 303 g/mol. The molecule has 1 heteroatoms. The van der Waals surface area contributed by atoms with E-state index < -0.39 is 13.6 Å². The van der Waals surface area contributed by atoms with Gasteiger partial charge in [-0.05, 0) is 0 Å². The van der Waals surface area contributed by atoms with E-state index in [2.05, 4.69) is 96.7 Å². The Morgan fingerprint density at radius 1 is 0.450 bits per heavy atom. The van der Waals surface area contributed by atoms with Crippen molar-refractivity contribution in [3.63, 3.8) is 0 Å². The normalized spacial score (nSPS) is 11.2. The number of rotatable bonds is 3. The molecule has 1 radical (unpaired) electrons. The number of benzene rings is 3. The molecule has 0 heterocycles. The zero-order valence-corrected chi connectivity index (χ0v) is 13.5. The van der Waals surface area contributed by atoms with Crippen LogP contribution in [0.2, 0.25) is 5.71 Å². The van der Waals surface area contributed by atoms with Gasteiger partial charge in [-0.25, -0.2) is 0 Å². The molecule has 0 N–H and O–H groups in total. The summed E-state index contributed by atoms with van der Waals surface area (Å²) >= 11 is -2.29. The van der Waals surface area contributed by atoms with E-state index in [-0.39, 0.29) is 0 Å². The molecule has 0 aliphatic carbocycles. The molecule has 0 atom stereocenters. The van der Waals surface area contributed by atoms with E-state index in [0.717, 1.165) is 0 Å². The summed E-state index contributed by atoms with van der Waals surface area (Å²) < 4.78 is 4.47. The Kier molecular flexibility index (Phi) is 3.76. The van der Waals surface area contributed by atoms with E-state index in [1.807, 2.05) is 0 Å². The van der Waals surface area contributed by atoms with Gasteiger partial charge in [-0.15, -0.1) is 0 Å². The van der Waals surface area contributed by atoms with E-state index in [4.69, 9.17) is 0 Å². The molecule has 0 fully saturated rings. The van der Waals surface area contributed by atoms with Gasteiger partial charge >= 0.3 is 123 Å². The van der Waals surface area contributed by atoms with Crippen molar-refractivity contribution >= 4 is 26.6 Å². The molecule has 0 unspecified atom stereocenters. The van der Waals surface area contributed by atoms with Crippen molar-refractivity contribution in [1.29, 1.82) is 0 Å². The summed E-state index contributed by atoms with van der Waals surface area (Å²) in [5, 5.41) is 0. The van der Waals surface area contributed by atoms with Crippen LogP contribution in [0.1, 0.15) is 0 Å². The van der Waals surface area contributed by atoms with Crippen LogP contribution in [-0.4, -0.2) is 13.6 Å². The first-order valence-electron chi connectivity index (χ1n) is 6.85. The SMILES string of the molecule is C[As](c1ccccc1)(c1ccccc1)c1ccccc1. The van der Waals surface area contributed by atoms with Gasteiger partial charge in [-0.2, -0.15) is 0 Å². The molecule has 3 aromatic carbocycles. The monoisotopic (exact) mass is 321 g/mol. The van der Waals surface area contributed by atoms with Gasteiger partial charge in [0, 0.05) is 0 Å². The standard InChI is InChI=1S/C19H18As/c1-20(17-11-5-2-6-12-17,18-13-7-3-8-14-18)19-15-9-4-10-16-19/h2-16H,1H3. The summed E-state index contributed by atoms with van der Waals surface area (Å²) in [7, 11) is 0. The van der Waals surface area contributed by atoms with Crippen molar-refractivity contribution in [2.24, 2.45) is 0 Å². The second kappa shape index (κ2) is 5.69. The fraction of sp³-hybridized carbons (Fsp3) is 0.0526. The first-order valence-corrected chi connectivity index (χ1v) is 11.5. The fourth-order valence-electron chi connectivity index (χ4n) is 2.63. The molecule has 0 aliphatic rings. The molecule has 0 bridgehead atoms. The van der Waals surface area contributed by atoms with Crippen LogP contribution >= 0.6 is 0 Å². The molecule has 0 amide bonds. The van der Waals surface area contributed by atoms with Crippen molar-refractivity contribution in [3.8, 4) is 0 Å². The van der Waals surface area contributed by atoms with E-state index in [9.17, 15) is 0 Å². The van der Waals surface area contributed by atoms with Crippen LogP contribution in [0, 0.1) is 0 Å². The maximum atomic E-state index is 2.47.